The average Bonchev–Trinajstić information content (AvgIpc) is 2.44. The zero-order valence-electron chi connectivity index (χ0n) is 11.9. The standard InChI is InChI=1S/C15H18O6/c1-3-4-12(15(18)19)21-13-9-10(6-8-14(16)17)5-7-11(13)20-2/h5-9,12H,3-4H2,1-2H3,(H,16,17)(H,18,19)/b8-6+. The van der Waals surface area contributed by atoms with E-state index in [0.29, 0.717) is 24.2 Å². The molecule has 2 N–H and O–H groups in total. The number of aliphatic carboxylic acids is 2. The van der Waals surface area contributed by atoms with Crippen LogP contribution in [0.1, 0.15) is 25.3 Å². The summed E-state index contributed by atoms with van der Waals surface area (Å²) in [6.07, 6.45) is 2.45. The summed E-state index contributed by atoms with van der Waals surface area (Å²) in [6, 6.07) is 4.80. The first-order valence-electron chi connectivity index (χ1n) is 6.46. The molecule has 0 aliphatic rings. The number of hydrogen-bond donors (Lipinski definition) is 2. The van der Waals surface area contributed by atoms with E-state index >= 15 is 0 Å². The average molecular weight is 294 g/mol. The van der Waals surface area contributed by atoms with Gasteiger partial charge in [-0.2, -0.15) is 0 Å². The number of benzene rings is 1. The van der Waals surface area contributed by atoms with E-state index < -0.39 is 18.0 Å². The molecule has 1 aromatic rings. The van der Waals surface area contributed by atoms with E-state index in [0.717, 1.165) is 6.08 Å². The van der Waals surface area contributed by atoms with Crippen LogP contribution in [0.2, 0.25) is 0 Å². The van der Waals surface area contributed by atoms with E-state index in [4.69, 9.17) is 19.7 Å². The Morgan fingerprint density at radius 2 is 2.00 bits per heavy atom. The van der Waals surface area contributed by atoms with Gasteiger partial charge in [-0.05, 0) is 30.2 Å². The van der Waals surface area contributed by atoms with E-state index in [1.54, 1.807) is 18.2 Å². The van der Waals surface area contributed by atoms with Crippen LogP contribution in [0.25, 0.3) is 6.08 Å². The van der Waals surface area contributed by atoms with Gasteiger partial charge in [0.05, 0.1) is 7.11 Å². The van der Waals surface area contributed by atoms with Gasteiger partial charge in [0.15, 0.2) is 17.6 Å². The largest absolute Gasteiger partial charge is 0.493 e. The molecule has 0 saturated heterocycles. The molecule has 0 radical (unpaired) electrons. The molecule has 0 bridgehead atoms. The molecule has 1 unspecified atom stereocenters. The summed E-state index contributed by atoms with van der Waals surface area (Å²) in [4.78, 5) is 21.6. The normalized spacial score (nSPS) is 12.1. The Hall–Kier alpha value is -2.50. The van der Waals surface area contributed by atoms with Crippen LogP contribution in [0, 0.1) is 0 Å². The molecule has 0 saturated carbocycles. The maximum absolute atomic E-state index is 11.1. The summed E-state index contributed by atoms with van der Waals surface area (Å²) in [6.45, 7) is 1.86. The molecule has 6 heteroatoms. The quantitative estimate of drug-likeness (QED) is 0.715. The molecule has 6 nitrogen and oxygen atoms in total. The number of rotatable bonds is 8. The number of carboxylic acid groups (broad SMARTS) is 2. The minimum atomic E-state index is -1.07. The van der Waals surface area contributed by atoms with Crippen molar-refractivity contribution in [2.75, 3.05) is 7.11 Å². The van der Waals surface area contributed by atoms with Crippen molar-refractivity contribution in [3.63, 3.8) is 0 Å². The van der Waals surface area contributed by atoms with Crippen LogP contribution in [0.15, 0.2) is 24.3 Å². The summed E-state index contributed by atoms with van der Waals surface area (Å²) in [7, 11) is 1.45. The molecule has 114 valence electrons. The number of carbonyl (C=O) groups is 2. The molecule has 0 spiro atoms. The number of carboxylic acids is 2. The molecule has 1 atom stereocenters. The van der Waals surface area contributed by atoms with Crippen LogP contribution in [0.5, 0.6) is 11.5 Å². The van der Waals surface area contributed by atoms with Gasteiger partial charge in [-0.15, -0.1) is 0 Å². The van der Waals surface area contributed by atoms with Crippen molar-refractivity contribution in [1.82, 2.24) is 0 Å². The van der Waals surface area contributed by atoms with Crippen molar-refractivity contribution in [3.05, 3.63) is 29.8 Å². The second-order valence-electron chi connectivity index (χ2n) is 4.32. The van der Waals surface area contributed by atoms with Gasteiger partial charge in [-0.3, -0.25) is 0 Å². The van der Waals surface area contributed by atoms with Crippen LogP contribution < -0.4 is 9.47 Å². The topological polar surface area (TPSA) is 93.1 Å². The SMILES string of the molecule is CCCC(Oc1cc(/C=C/C(=O)O)ccc1OC)C(=O)O. The van der Waals surface area contributed by atoms with Crippen molar-refractivity contribution in [3.8, 4) is 11.5 Å². The molecule has 1 aromatic carbocycles. The first kappa shape index (κ1) is 16.6. The fourth-order valence-electron chi connectivity index (χ4n) is 1.70. The third-order valence-corrected chi connectivity index (χ3v) is 2.70. The minimum absolute atomic E-state index is 0.269. The van der Waals surface area contributed by atoms with E-state index in [1.807, 2.05) is 6.92 Å². The van der Waals surface area contributed by atoms with Crippen LogP contribution >= 0.6 is 0 Å². The summed E-state index contributed by atoms with van der Waals surface area (Å²) in [5.74, 6) is -1.45. The van der Waals surface area contributed by atoms with Crippen molar-refractivity contribution in [1.29, 1.82) is 0 Å². The Kier molecular flexibility index (Phi) is 6.26. The Morgan fingerprint density at radius 1 is 1.29 bits per heavy atom. The van der Waals surface area contributed by atoms with Gasteiger partial charge < -0.3 is 19.7 Å². The molecule has 21 heavy (non-hydrogen) atoms. The van der Waals surface area contributed by atoms with E-state index in [2.05, 4.69) is 0 Å². The lowest BCUT2D eigenvalue weighted by atomic mass is 10.1. The second kappa shape index (κ2) is 7.94. The summed E-state index contributed by atoms with van der Waals surface area (Å²) < 4.78 is 10.6. The van der Waals surface area contributed by atoms with Gasteiger partial charge in [0.2, 0.25) is 0 Å². The highest BCUT2D eigenvalue weighted by molar-refractivity contribution is 5.85. The Labute approximate surface area is 122 Å². The van der Waals surface area contributed by atoms with Crippen LogP contribution in [-0.2, 0) is 9.59 Å². The predicted octanol–water partition coefficient (Wildman–Crippen LogP) is 2.43. The minimum Gasteiger partial charge on any atom is -0.493 e. The molecule has 0 heterocycles. The lowest BCUT2D eigenvalue weighted by molar-refractivity contribution is -0.145. The maximum Gasteiger partial charge on any atom is 0.344 e. The monoisotopic (exact) mass is 294 g/mol. The molecule has 0 aliphatic heterocycles. The molecule has 0 aromatic heterocycles. The molecule has 1 rings (SSSR count). The van der Waals surface area contributed by atoms with E-state index in [9.17, 15) is 9.59 Å². The van der Waals surface area contributed by atoms with Crippen LogP contribution in [0.4, 0.5) is 0 Å². The Morgan fingerprint density at radius 3 is 2.52 bits per heavy atom. The molecular formula is C15H18O6. The zero-order chi connectivity index (χ0) is 15.8. The Bertz CT molecular complexity index is 535. The summed E-state index contributed by atoms with van der Waals surface area (Å²) in [5, 5.41) is 17.7. The van der Waals surface area contributed by atoms with E-state index in [1.165, 1.54) is 13.2 Å². The van der Waals surface area contributed by atoms with E-state index in [-0.39, 0.29) is 5.75 Å². The highest BCUT2D eigenvalue weighted by atomic mass is 16.5. The lowest BCUT2D eigenvalue weighted by Gasteiger charge is -2.17. The first-order chi connectivity index (χ1) is 9.97. The summed E-state index contributed by atoms with van der Waals surface area (Å²) >= 11 is 0. The van der Waals surface area contributed by atoms with Gasteiger partial charge in [-0.1, -0.05) is 19.4 Å². The fourth-order valence-corrected chi connectivity index (χ4v) is 1.70. The van der Waals surface area contributed by atoms with Crippen molar-refractivity contribution >= 4 is 18.0 Å². The molecule has 0 fully saturated rings. The van der Waals surface area contributed by atoms with Gasteiger partial charge in [0, 0.05) is 6.08 Å². The molecule has 0 aliphatic carbocycles. The van der Waals surface area contributed by atoms with Gasteiger partial charge in [0.25, 0.3) is 0 Å². The van der Waals surface area contributed by atoms with Gasteiger partial charge in [0.1, 0.15) is 0 Å². The van der Waals surface area contributed by atoms with Crippen molar-refractivity contribution < 1.29 is 29.3 Å². The van der Waals surface area contributed by atoms with Crippen LogP contribution in [-0.4, -0.2) is 35.4 Å². The third-order valence-electron chi connectivity index (χ3n) is 2.70. The van der Waals surface area contributed by atoms with Crippen molar-refractivity contribution in [2.45, 2.75) is 25.9 Å². The fraction of sp³-hybridized carbons (Fsp3) is 0.333. The summed E-state index contributed by atoms with van der Waals surface area (Å²) in [5.41, 5.74) is 0.578. The number of methoxy groups -OCH3 is 1. The molecule has 0 amide bonds. The zero-order valence-corrected chi connectivity index (χ0v) is 11.9. The molecular weight excluding hydrogens is 276 g/mol. The van der Waals surface area contributed by atoms with Crippen molar-refractivity contribution in [2.24, 2.45) is 0 Å². The lowest BCUT2D eigenvalue weighted by Crippen LogP contribution is -2.26. The van der Waals surface area contributed by atoms with Gasteiger partial charge in [-0.25, -0.2) is 9.59 Å². The highest BCUT2D eigenvalue weighted by Crippen LogP contribution is 2.30. The number of hydrogen-bond acceptors (Lipinski definition) is 4. The van der Waals surface area contributed by atoms with Gasteiger partial charge >= 0.3 is 11.9 Å². The van der Waals surface area contributed by atoms with Crippen LogP contribution in [0.3, 0.4) is 0 Å². The second-order valence-corrected chi connectivity index (χ2v) is 4.32. The first-order valence-corrected chi connectivity index (χ1v) is 6.46. The number of ether oxygens (including phenoxy) is 2. The predicted molar refractivity (Wildman–Crippen MR) is 76.6 cm³/mol. The maximum atomic E-state index is 11.1. The highest BCUT2D eigenvalue weighted by Gasteiger charge is 2.20. The third kappa shape index (κ3) is 5.18. The smallest absolute Gasteiger partial charge is 0.344 e. The Balaban J connectivity index is 3.04.